The number of nitro groups is 1. The molecule has 0 N–H and O–H groups in total. The van der Waals surface area contributed by atoms with Crippen LogP contribution in [-0.2, 0) is 4.74 Å². The maximum atomic E-state index is 12.1. The Morgan fingerprint density at radius 2 is 2.09 bits per heavy atom. The van der Waals surface area contributed by atoms with Gasteiger partial charge in [-0.15, -0.1) is 0 Å². The van der Waals surface area contributed by atoms with Gasteiger partial charge in [-0.25, -0.2) is 4.79 Å². The first kappa shape index (κ1) is 16.7. The quantitative estimate of drug-likeness (QED) is 0.335. The molecule has 0 atom stereocenters. The van der Waals surface area contributed by atoms with Gasteiger partial charge in [-0.2, -0.15) is 0 Å². The number of hydrogen-bond acceptors (Lipinski definition) is 6. The lowest BCUT2D eigenvalue weighted by Gasteiger charge is -2.05. The van der Waals surface area contributed by atoms with E-state index < -0.39 is 16.3 Å². The van der Waals surface area contributed by atoms with Crippen molar-refractivity contribution in [1.82, 2.24) is 0 Å². The van der Waals surface area contributed by atoms with Crippen LogP contribution in [0.1, 0.15) is 43.2 Å². The molecule has 2 aromatic rings. The molecule has 7 heteroatoms. The van der Waals surface area contributed by atoms with Crippen molar-refractivity contribution in [1.29, 1.82) is 0 Å². The normalized spacial score (nSPS) is 10.7. The molecule has 0 aliphatic rings. The second-order valence-electron chi connectivity index (χ2n) is 5.08. The van der Waals surface area contributed by atoms with E-state index >= 15 is 0 Å². The van der Waals surface area contributed by atoms with Crippen LogP contribution in [0.4, 0.5) is 5.69 Å². The zero-order chi connectivity index (χ0) is 16.8. The zero-order valence-electron chi connectivity index (χ0n) is 12.7. The predicted molar refractivity (Wildman–Crippen MR) is 83.6 cm³/mol. The maximum absolute atomic E-state index is 12.1. The number of non-ortho nitro benzene ring substituents is 1. The number of rotatable bonds is 7. The Kier molecular flexibility index (Phi) is 5.46. The number of carbonyl (C=O) groups excluding carboxylic acids is 1. The van der Waals surface area contributed by atoms with E-state index in [2.05, 4.69) is 6.92 Å². The highest BCUT2D eigenvalue weighted by molar-refractivity contribution is 5.91. The molecule has 7 nitrogen and oxygen atoms in total. The summed E-state index contributed by atoms with van der Waals surface area (Å²) in [5.74, 6) is -0.995. The number of nitro benzene ring substituents is 1. The lowest BCUT2D eigenvalue weighted by molar-refractivity contribution is -0.383. The summed E-state index contributed by atoms with van der Waals surface area (Å²) in [5.41, 5.74) is -1.00. The SMILES string of the molecule is CCCCCCOC(=O)c1cc(=O)c2c([N+](=O)[O-])cccc2o1. The Morgan fingerprint density at radius 3 is 2.78 bits per heavy atom. The highest BCUT2D eigenvalue weighted by Crippen LogP contribution is 2.23. The summed E-state index contributed by atoms with van der Waals surface area (Å²) in [7, 11) is 0. The average molecular weight is 319 g/mol. The molecule has 0 fully saturated rings. The number of unbranched alkanes of at least 4 members (excludes halogenated alkanes) is 3. The standard InChI is InChI=1S/C16H17NO6/c1-2-3-4-5-9-22-16(19)14-10-12(18)15-11(17(20)21)7-6-8-13(15)23-14/h6-8,10H,2-5,9H2,1H3. The van der Waals surface area contributed by atoms with E-state index in [4.69, 9.17) is 9.15 Å². The van der Waals surface area contributed by atoms with E-state index in [9.17, 15) is 19.7 Å². The van der Waals surface area contributed by atoms with Crippen molar-refractivity contribution in [2.45, 2.75) is 32.6 Å². The first-order valence-electron chi connectivity index (χ1n) is 7.43. The van der Waals surface area contributed by atoms with Crippen LogP contribution in [-0.4, -0.2) is 17.5 Å². The van der Waals surface area contributed by atoms with Gasteiger partial charge >= 0.3 is 5.97 Å². The molecule has 0 aliphatic heterocycles. The van der Waals surface area contributed by atoms with Crippen LogP contribution >= 0.6 is 0 Å². The van der Waals surface area contributed by atoms with Gasteiger partial charge in [0.25, 0.3) is 5.69 Å². The van der Waals surface area contributed by atoms with E-state index in [1.54, 1.807) is 0 Å². The fourth-order valence-corrected chi connectivity index (χ4v) is 2.21. The topological polar surface area (TPSA) is 99.7 Å². The maximum Gasteiger partial charge on any atom is 0.374 e. The van der Waals surface area contributed by atoms with Crippen LogP contribution in [0.15, 0.2) is 33.5 Å². The molecule has 23 heavy (non-hydrogen) atoms. The van der Waals surface area contributed by atoms with Gasteiger partial charge in [-0.1, -0.05) is 32.3 Å². The van der Waals surface area contributed by atoms with Crippen LogP contribution in [0.2, 0.25) is 0 Å². The second-order valence-corrected chi connectivity index (χ2v) is 5.08. The largest absolute Gasteiger partial charge is 0.460 e. The monoisotopic (exact) mass is 319 g/mol. The van der Waals surface area contributed by atoms with Crippen molar-refractivity contribution >= 4 is 22.6 Å². The minimum absolute atomic E-state index is 0.00960. The van der Waals surface area contributed by atoms with Gasteiger partial charge in [0.2, 0.25) is 11.2 Å². The van der Waals surface area contributed by atoms with Crippen molar-refractivity contribution < 1.29 is 18.9 Å². The van der Waals surface area contributed by atoms with Gasteiger partial charge in [-0.05, 0) is 12.5 Å². The Hall–Kier alpha value is -2.70. The molecule has 0 radical (unpaired) electrons. The van der Waals surface area contributed by atoms with Crippen molar-refractivity contribution in [2.75, 3.05) is 6.61 Å². The summed E-state index contributed by atoms with van der Waals surface area (Å²) in [4.78, 5) is 34.3. The van der Waals surface area contributed by atoms with E-state index in [0.717, 1.165) is 31.7 Å². The molecule has 1 heterocycles. The summed E-state index contributed by atoms with van der Waals surface area (Å²) in [6.07, 6.45) is 3.83. The number of fused-ring (bicyclic) bond motifs is 1. The van der Waals surface area contributed by atoms with E-state index in [1.165, 1.54) is 18.2 Å². The minimum atomic E-state index is -0.744. The van der Waals surface area contributed by atoms with Gasteiger partial charge in [0.1, 0.15) is 11.0 Å². The van der Waals surface area contributed by atoms with E-state index in [-0.39, 0.29) is 29.0 Å². The highest BCUT2D eigenvalue weighted by atomic mass is 16.6. The van der Waals surface area contributed by atoms with Crippen LogP contribution in [0, 0.1) is 10.1 Å². The van der Waals surface area contributed by atoms with Gasteiger partial charge in [-0.3, -0.25) is 14.9 Å². The van der Waals surface area contributed by atoms with Crippen molar-refractivity contribution in [3.05, 3.63) is 50.4 Å². The summed E-state index contributed by atoms with van der Waals surface area (Å²) in [6.45, 7) is 2.32. The van der Waals surface area contributed by atoms with E-state index in [0.29, 0.717) is 0 Å². The van der Waals surface area contributed by atoms with Crippen molar-refractivity contribution in [3.8, 4) is 0 Å². The third-order valence-corrected chi connectivity index (χ3v) is 3.36. The zero-order valence-corrected chi connectivity index (χ0v) is 12.7. The third kappa shape index (κ3) is 3.94. The number of nitrogens with zero attached hydrogens (tertiary/aromatic N) is 1. The Bertz CT molecular complexity index is 780. The summed E-state index contributed by atoms with van der Waals surface area (Å²) in [6, 6.07) is 4.94. The molecular weight excluding hydrogens is 302 g/mol. The lowest BCUT2D eigenvalue weighted by atomic mass is 10.2. The Morgan fingerprint density at radius 1 is 1.30 bits per heavy atom. The fraction of sp³-hybridized carbons (Fsp3) is 0.375. The minimum Gasteiger partial charge on any atom is -0.460 e. The van der Waals surface area contributed by atoms with Gasteiger partial charge in [0.05, 0.1) is 11.5 Å². The molecule has 0 amide bonds. The smallest absolute Gasteiger partial charge is 0.374 e. The van der Waals surface area contributed by atoms with Gasteiger partial charge < -0.3 is 9.15 Å². The van der Waals surface area contributed by atoms with Crippen LogP contribution in [0.25, 0.3) is 11.0 Å². The molecule has 2 rings (SSSR count). The molecule has 122 valence electrons. The lowest BCUT2D eigenvalue weighted by Crippen LogP contribution is -2.11. The fourth-order valence-electron chi connectivity index (χ4n) is 2.21. The average Bonchev–Trinajstić information content (AvgIpc) is 2.53. The Labute approximate surface area is 132 Å². The van der Waals surface area contributed by atoms with Crippen LogP contribution in [0.5, 0.6) is 0 Å². The number of carbonyl (C=O) groups is 1. The number of ether oxygens (including phenoxy) is 1. The summed E-state index contributed by atoms with van der Waals surface area (Å²) in [5, 5.41) is 10.8. The van der Waals surface area contributed by atoms with Gasteiger partial charge in [0, 0.05) is 12.1 Å². The van der Waals surface area contributed by atoms with Crippen molar-refractivity contribution in [3.63, 3.8) is 0 Å². The molecular formula is C16H17NO6. The summed E-state index contributed by atoms with van der Waals surface area (Å²) < 4.78 is 10.3. The molecule has 1 aromatic heterocycles. The molecule has 1 aromatic carbocycles. The van der Waals surface area contributed by atoms with Crippen molar-refractivity contribution in [2.24, 2.45) is 0 Å². The molecule has 0 saturated carbocycles. The predicted octanol–water partition coefficient (Wildman–Crippen LogP) is 3.44. The molecule has 0 aliphatic carbocycles. The Balaban J connectivity index is 2.22. The molecule has 0 saturated heterocycles. The van der Waals surface area contributed by atoms with Crippen LogP contribution in [0.3, 0.4) is 0 Å². The number of esters is 1. The molecule has 0 bridgehead atoms. The second kappa shape index (κ2) is 7.53. The molecule has 0 spiro atoms. The van der Waals surface area contributed by atoms with Gasteiger partial charge in [0.15, 0.2) is 0 Å². The third-order valence-electron chi connectivity index (χ3n) is 3.36. The number of benzene rings is 1. The highest BCUT2D eigenvalue weighted by Gasteiger charge is 2.20. The van der Waals surface area contributed by atoms with Crippen LogP contribution < -0.4 is 5.43 Å². The summed E-state index contributed by atoms with van der Waals surface area (Å²) >= 11 is 0. The number of hydrogen-bond donors (Lipinski definition) is 0. The first-order valence-corrected chi connectivity index (χ1v) is 7.43. The van der Waals surface area contributed by atoms with E-state index in [1.807, 2.05) is 0 Å². The first-order chi connectivity index (χ1) is 11.0. The molecule has 0 unspecified atom stereocenters.